The Bertz CT molecular complexity index is 507. The average molecular weight is 222 g/mol. The van der Waals surface area contributed by atoms with E-state index in [-0.39, 0.29) is 0 Å². The fourth-order valence-electron chi connectivity index (χ4n) is 1.29. The maximum atomic E-state index is 10.8. The Morgan fingerprint density at radius 1 is 1.47 bits per heavy atom. The third kappa shape index (κ3) is 1.89. The molecule has 2 aromatic rings. The zero-order valence-corrected chi connectivity index (χ0v) is 8.77. The minimum atomic E-state index is 0.493. The molecule has 1 aromatic heterocycles. The number of aromatic nitrogens is 3. The summed E-state index contributed by atoms with van der Waals surface area (Å²) in [5.74, 6) is 0.654. The Labute approximate surface area is 91.5 Å². The van der Waals surface area contributed by atoms with E-state index < -0.39 is 0 Å². The monoisotopic (exact) mass is 221 g/mol. The normalized spacial score (nSPS) is 10.3. The Hall–Kier alpha value is -1.68. The molecule has 1 aromatic carbocycles. The number of carbonyl (C=O) groups excluding carboxylic acids is 1. The molecule has 0 radical (unpaired) electrons. The molecule has 0 spiro atoms. The van der Waals surface area contributed by atoms with E-state index in [1.165, 1.54) is 0 Å². The van der Waals surface area contributed by atoms with Gasteiger partial charge in [-0.1, -0.05) is 11.6 Å². The molecule has 0 aliphatic heterocycles. The highest BCUT2D eigenvalue weighted by molar-refractivity contribution is 6.30. The maximum Gasteiger partial charge on any atom is 0.152 e. The molecular weight excluding hydrogens is 214 g/mol. The lowest BCUT2D eigenvalue weighted by molar-refractivity contribution is 0.112. The van der Waals surface area contributed by atoms with E-state index in [1.807, 2.05) is 0 Å². The highest BCUT2D eigenvalue weighted by Gasteiger charge is 2.06. The molecule has 76 valence electrons. The molecule has 0 aliphatic carbocycles. The third-order valence-corrected chi connectivity index (χ3v) is 2.20. The molecule has 0 unspecified atom stereocenters. The van der Waals surface area contributed by atoms with Gasteiger partial charge < -0.3 is 0 Å². The molecule has 0 saturated carbocycles. The predicted octanol–water partition coefficient (Wildman–Crippen LogP) is 2.04. The first-order valence-electron chi connectivity index (χ1n) is 4.34. The van der Waals surface area contributed by atoms with Crippen LogP contribution in [0.1, 0.15) is 16.2 Å². The summed E-state index contributed by atoms with van der Waals surface area (Å²) in [6.45, 7) is 1.78. The van der Waals surface area contributed by atoms with E-state index >= 15 is 0 Å². The Kier molecular flexibility index (Phi) is 2.51. The first-order chi connectivity index (χ1) is 7.20. The summed E-state index contributed by atoms with van der Waals surface area (Å²) >= 11 is 5.78. The number of carbonyl (C=O) groups is 1. The fourth-order valence-corrected chi connectivity index (χ4v) is 1.47. The van der Waals surface area contributed by atoms with Crippen LogP contribution in [0.15, 0.2) is 24.5 Å². The third-order valence-electron chi connectivity index (χ3n) is 1.97. The largest absolute Gasteiger partial charge is 0.298 e. The lowest BCUT2D eigenvalue weighted by Crippen LogP contribution is -1.99. The van der Waals surface area contributed by atoms with Crippen molar-refractivity contribution in [3.8, 4) is 5.69 Å². The molecule has 15 heavy (non-hydrogen) atoms. The van der Waals surface area contributed by atoms with Crippen LogP contribution in [0.3, 0.4) is 0 Å². The van der Waals surface area contributed by atoms with Gasteiger partial charge in [-0.25, -0.2) is 9.67 Å². The van der Waals surface area contributed by atoms with Crippen molar-refractivity contribution in [1.29, 1.82) is 0 Å². The number of hydrogen-bond donors (Lipinski definition) is 0. The van der Waals surface area contributed by atoms with Gasteiger partial charge in [-0.05, 0) is 25.1 Å². The number of halogens is 1. The zero-order chi connectivity index (χ0) is 10.8. The number of aryl methyl sites for hydroxylation is 1. The standard InChI is InChI=1S/C10H8ClN3O/c1-7-12-6-14(13-7)10-3-2-9(11)4-8(10)5-15/h2-6H,1H3. The van der Waals surface area contributed by atoms with Crippen LogP contribution in [0.5, 0.6) is 0 Å². The lowest BCUT2D eigenvalue weighted by Gasteiger charge is -2.03. The molecule has 4 nitrogen and oxygen atoms in total. The van der Waals surface area contributed by atoms with Gasteiger partial charge in [0.2, 0.25) is 0 Å². The van der Waals surface area contributed by atoms with Crippen molar-refractivity contribution in [3.05, 3.63) is 40.9 Å². The number of nitrogens with zero attached hydrogens (tertiary/aromatic N) is 3. The number of aldehydes is 1. The van der Waals surface area contributed by atoms with Gasteiger partial charge >= 0.3 is 0 Å². The van der Waals surface area contributed by atoms with E-state index in [1.54, 1.807) is 36.1 Å². The van der Waals surface area contributed by atoms with E-state index in [2.05, 4.69) is 10.1 Å². The van der Waals surface area contributed by atoms with E-state index in [0.29, 0.717) is 22.1 Å². The minimum Gasteiger partial charge on any atom is -0.298 e. The second kappa shape index (κ2) is 3.82. The first kappa shape index (κ1) is 9.86. The van der Waals surface area contributed by atoms with Crippen molar-refractivity contribution in [2.75, 3.05) is 0 Å². The van der Waals surface area contributed by atoms with Crippen LogP contribution in [0.4, 0.5) is 0 Å². The topological polar surface area (TPSA) is 47.8 Å². The van der Waals surface area contributed by atoms with Crippen LogP contribution in [0.2, 0.25) is 5.02 Å². The molecule has 0 aliphatic rings. The van der Waals surface area contributed by atoms with Crippen molar-refractivity contribution in [2.24, 2.45) is 0 Å². The minimum absolute atomic E-state index is 0.493. The van der Waals surface area contributed by atoms with Gasteiger partial charge in [0.15, 0.2) is 6.29 Å². The molecule has 0 atom stereocenters. The van der Waals surface area contributed by atoms with Crippen molar-refractivity contribution >= 4 is 17.9 Å². The molecule has 2 rings (SSSR count). The molecule has 5 heteroatoms. The van der Waals surface area contributed by atoms with Gasteiger partial charge in [-0.2, -0.15) is 5.10 Å². The van der Waals surface area contributed by atoms with Gasteiger partial charge in [0, 0.05) is 10.6 Å². The second-order valence-electron chi connectivity index (χ2n) is 3.06. The summed E-state index contributed by atoms with van der Waals surface area (Å²) in [7, 11) is 0. The molecule has 0 bridgehead atoms. The molecule has 0 saturated heterocycles. The molecular formula is C10H8ClN3O. The SMILES string of the molecule is Cc1ncn(-c2ccc(Cl)cc2C=O)n1. The van der Waals surface area contributed by atoms with Gasteiger partial charge in [0.1, 0.15) is 12.2 Å². The number of rotatable bonds is 2. The van der Waals surface area contributed by atoms with Crippen molar-refractivity contribution in [2.45, 2.75) is 6.92 Å². The fraction of sp³-hybridized carbons (Fsp3) is 0.100. The molecule has 0 amide bonds. The highest BCUT2D eigenvalue weighted by atomic mass is 35.5. The quantitative estimate of drug-likeness (QED) is 0.730. The summed E-state index contributed by atoms with van der Waals surface area (Å²) in [6.07, 6.45) is 2.31. The summed E-state index contributed by atoms with van der Waals surface area (Å²) in [5, 5.41) is 4.65. The zero-order valence-electron chi connectivity index (χ0n) is 8.01. The van der Waals surface area contributed by atoms with E-state index in [4.69, 9.17) is 11.6 Å². The van der Waals surface area contributed by atoms with Crippen molar-refractivity contribution in [3.63, 3.8) is 0 Å². The molecule has 1 heterocycles. The van der Waals surface area contributed by atoms with Crippen molar-refractivity contribution in [1.82, 2.24) is 14.8 Å². The number of hydrogen-bond acceptors (Lipinski definition) is 3. The summed E-state index contributed by atoms with van der Waals surface area (Å²) in [5.41, 5.74) is 1.17. The van der Waals surface area contributed by atoms with E-state index in [9.17, 15) is 4.79 Å². The van der Waals surface area contributed by atoms with Crippen LogP contribution in [-0.4, -0.2) is 21.1 Å². The number of benzene rings is 1. The Morgan fingerprint density at radius 3 is 2.87 bits per heavy atom. The molecule has 0 fully saturated rings. The molecule has 0 N–H and O–H groups in total. The van der Waals surface area contributed by atoms with Crippen LogP contribution >= 0.6 is 11.6 Å². The van der Waals surface area contributed by atoms with Gasteiger partial charge in [-0.3, -0.25) is 4.79 Å². The van der Waals surface area contributed by atoms with Gasteiger partial charge in [0.25, 0.3) is 0 Å². The van der Waals surface area contributed by atoms with Crippen LogP contribution in [0, 0.1) is 6.92 Å². The van der Waals surface area contributed by atoms with Gasteiger partial charge in [-0.15, -0.1) is 0 Å². The Morgan fingerprint density at radius 2 is 2.27 bits per heavy atom. The van der Waals surface area contributed by atoms with Crippen LogP contribution in [0.25, 0.3) is 5.69 Å². The second-order valence-corrected chi connectivity index (χ2v) is 3.49. The summed E-state index contributed by atoms with van der Waals surface area (Å²) in [4.78, 5) is 14.8. The first-order valence-corrected chi connectivity index (χ1v) is 4.72. The summed E-state index contributed by atoms with van der Waals surface area (Å²) in [6, 6.07) is 5.04. The highest BCUT2D eigenvalue weighted by Crippen LogP contribution is 2.17. The van der Waals surface area contributed by atoms with E-state index in [0.717, 1.165) is 6.29 Å². The van der Waals surface area contributed by atoms with Crippen LogP contribution < -0.4 is 0 Å². The predicted molar refractivity (Wildman–Crippen MR) is 56.5 cm³/mol. The van der Waals surface area contributed by atoms with Gasteiger partial charge in [0.05, 0.1) is 5.69 Å². The van der Waals surface area contributed by atoms with Crippen LogP contribution in [-0.2, 0) is 0 Å². The Balaban J connectivity index is 2.57. The maximum absolute atomic E-state index is 10.8. The van der Waals surface area contributed by atoms with Crippen molar-refractivity contribution < 1.29 is 4.79 Å². The smallest absolute Gasteiger partial charge is 0.152 e. The summed E-state index contributed by atoms with van der Waals surface area (Å²) < 4.78 is 1.55. The average Bonchev–Trinajstić information content (AvgIpc) is 2.64. The lowest BCUT2D eigenvalue weighted by atomic mass is 10.2.